The van der Waals surface area contributed by atoms with E-state index in [0.29, 0.717) is 6.04 Å². The van der Waals surface area contributed by atoms with Crippen LogP contribution in [0.15, 0.2) is 36.5 Å². The van der Waals surface area contributed by atoms with Crippen LogP contribution in [-0.2, 0) is 25.8 Å². The molecule has 1 aromatic carbocycles. The van der Waals surface area contributed by atoms with E-state index < -0.39 is 0 Å². The van der Waals surface area contributed by atoms with E-state index >= 15 is 0 Å². The fourth-order valence-corrected chi connectivity index (χ4v) is 5.45. The molecule has 5 rings (SSSR count). The molecule has 1 fully saturated rings. The molecule has 1 aliphatic carbocycles. The van der Waals surface area contributed by atoms with Gasteiger partial charge in [0.2, 0.25) is 0 Å². The molecule has 1 aromatic heterocycles. The molecule has 1 saturated heterocycles. The summed E-state index contributed by atoms with van der Waals surface area (Å²) >= 11 is 1.87. The number of aryl methyl sites for hydroxylation is 2. The fraction of sp³-hybridized carbons (Fsp3) is 0.560. The number of hydrogen-bond acceptors (Lipinski definition) is 6. The van der Waals surface area contributed by atoms with Gasteiger partial charge in [-0.2, -0.15) is 0 Å². The first-order valence-electron chi connectivity index (χ1n) is 11.7. The zero-order chi connectivity index (χ0) is 21.5. The summed E-state index contributed by atoms with van der Waals surface area (Å²) in [6, 6.07) is 11.6. The van der Waals surface area contributed by atoms with Crippen LogP contribution in [0.2, 0.25) is 0 Å². The molecule has 2 N–H and O–H groups in total. The average Bonchev–Trinajstić information content (AvgIpc) is 2.84. The van der Waals surface area contributed by atoms with E-state index in [0.717, 1.165) is 45.7 Å². The third-order valence-corrected chi connectivity index (χ3v) is 7.54. The molecule has 0 bridgehead atoms. The lowest BCUT2D eigenvalue weighted by atomic mass is 9.93. The highest BCUT2D eigenvalue weighted by Crippen LogP contribution is 2.29. The number of piperazine rings is 1. The maximum Gasteiger partial charge on any atom is 0.0435 e. The maximum absolute atomic E-state index is 4.32. The van der Waals surface area contributed by atoms with E-state index in [4.69, 9.17) is 0 Å². The second kappa shape index (κ2) is 11.3. The summed E-state index contributed by atoms with van der Waals surface area (Å²) in [5.41, 5.74) is 7.31. The third kappa shape index (κ3) is 5.80. The van der Waals surface area contributed by atoms with Crippen molar-refractivity contribution >= 4 is 17.6 Å². The Labute approximate surface area is 192 Å². The lowest BCUT2D eigenvalue weighted by Crippen LogP contribution is -2.46. The van der Waals surface area contributed by atoms with Crippen LogP contribution in [0.3, 0.4) is 0 Å². The number of nitrogens with zero attached hydrogens (tertiary/aromatic N) is 3. The van der Waals surface area contributed by atoms with Crippen molar-refractivity contribution in [3.63, 3.8) is 0 Å². The molecule has 6 heteroatoms. The molecule has 168 valence electrons. The maximum atomic E-state index is 4.32. The van der Waals surface area contributed by atoms with Gasteiger partial charge >= 0.3 is 0 Å². The summed E-state index contributed by atoms with van der Waals surface area (Å²) in [4.78, 5) is 6.90. The molecular weight excluding hydrogens is 402 g/mol. The molecule has 1 unspecified atom stereocenters. The lowest BCUT2D eigenvalue weighted by molar-refractivity contribution is 0.427. The van der Waals surface area contributed by atoms with Crippen LogP contribution in [0.4, 0.5) is 5.69 Å². The van der Waals surface area contributed by atoms with Crippen molar-refractivity contribution in [2.24, 2.45) is 0 Å². The highest BCUT2D eigenvalue weighted by molar-refractivity contribution is 7.96. The smallest absolute Gasteiger partial charge is 0.0435 e. The van der Waals surface area contributed by atoms with Crippen molar-refractivity contribution in [1.82, 2.24) is 19.9 Å². The molecule has 3 heterocycles. The van der Waals surface area contributed by atoms with E-state index in [1.165, 1.54) is 48.2 Å². The van der Waals surface area contributed by atoms with Gasteiger partial charge in [0.1, 0.15) is 0 Å². The van der Waals surface area contributed by atoms with Gasteiger partial charge in [0, 0.05) is 62.9 Å². The molecule has 1 atom stereocenters. The summed E-state index contributed by atoms with van der Waals surface area (Å²) in [6.07, 6.45) is 10.3. The Hall–Kier alpha value is -1.60. The fourth-order valence-electron chi connectivity index (χ4n) is 4.93. The number of pyridine rings is 1. The van der Waals surface area contributed by atoms with Gasteiger partial charge in [0.15, 0.2) is 0 Å². The van der Waals surface area contributed by atoms with Crippen molar-refractivity contribution in [3.05, 3.63) is 58.9 Å². The number of hydrogen-bond donors (Lipinski definition) is 2. The van der Waals surface area contributed by atoms with Crippen LogP contribution in [0.25, 0.3) is 0 Å². The van der Waals surface area contributed by atoms with E-state index in [-0.39, 0.29) is 0 Å². The first-order valence-corrected chi connectivity index (χ1v) is 12.9. The van der Waals surface area contributed by atoms with Gasteiger partial charge in [-0.3, -0.25) is 4.98 Å². The summed E-state index contributed by atoms with van der Waals surface area (Å²) in [7, 11) is 2.03. The first-order chi connectivity index (χ1) is 15.3. The van der Waals surface area contributed by atoms with Crippen molar-refractivity contribution in [2.45, 2.75) is 44.7 Å². The van der Waals surface area contributed by atoms with Crippen LogP contribution in [-0.4, -0.2) is 61.4 Å². The second-order valence-electron chi connectivity index (χ2n) is 8.67. The van der Waals surface area contributed by atoms with Crippen LogP contribution in [0.5, 0.6) is 0 Å². The molecule has 0 radical (unpaired) electrons. The molecule has 0 saturated carbocycles. The van der Waals surface area contributed by atoms with Gasteiger partial charge in [-0.05, 0) is 74.2 Å². The monoisotopic (exact) mass is 439 g/mol. The Morgan fingerprint density at radius 1 is 1.06 bits per heavy atom. The molecule has 0 spiro atoms. The van der Waals surface area contributed by atoms with E-state index in [1.54, 1.807) is 5.56 Å². The minimum atomic E-state index is 0.552. The average molecular weight is 440 g/mol. The minimum absolute atomic E-state index is 0.552. The lowest BCUT2D eigenvalue weighted by Gasteiger charge is -2.37. The Morgan fingerprint density at radius 2 is 1.87 bits per heavy atom. The topological polar surface area (TPSA) is 43.4 Å². The van der Waals surface area contributed by atoms with Crippen molar-refractivity contribution < 1.29 is 0 Å². The van der Waals surface area contributed by atoms with Crippen molar-refractivity contribution in [3.8, 4) is 0 Å². The number of rotatable bonds is 4. The molecule has 31 heavy (non-hydrogen) atoms. The van der Waals surface area contributed by atoms with Crippen molar-refractivity contribution in [1.29, 1.82) is 0 Å². The SMILES string of the molecule is CNCC1Cc2c(cccc2N2CCN(SC)CC2)CN1.c1cnc2c(c1)CCCC2. The van der Waals surface area contributed by atoms with Gasteiger partial charge in [0.05, 0.1) is 0 Å². The number of nitrogens with one attached hydrogen (secondary N) is 2. The highest BCUT2D eigenvalue weighted by atomic mass is 32.2. The van der Waals surface area contributed by atoms with E-state index in [9.17, 15) is 0 Å². The van der Waals surface area contributed by atoms with Gasteiger partial charge in [-0.25, -0.2) is 4.31 Å². The molecule has 3 aliphatic rings. The standard InChI is InChI=1S/C16H26N4S.C9H11N/c1-17-12-14-10-15-13(11-18-14)4-3-5-16(15)19-6-8-20(21-2)9-7-19;1-2-6-9-8(4-1)5-3-7-10-9/h3-5,14,17-18H,6-12H2,1-2H3;3,5,7H,1-2,4,6H2. The van der Waals surface area contributed by atoms with E-state index in [1.807, 2.05) is 31.3 Å². The van der Waals surface area contributed by atoms with Crippen LogP contribution >= 0.6 is 11.9 Å². The van der Waals surface area contributed by atoms with Gasteiger partial charge in [-0.1, -0.05) is 30.1 Å². The predicted octanol–water partition coefficient (Wildman–Crippen LogP) is 3.28. The van der Waals surface area contributed by atoms with Gasteiger partial charge in [0.25, 0.3) is 0 Å². The normalized spacial score (nSPS) is 21.0. The molecule has 0 amide bonds. The Bertz CT molecular complexity index is 809. The van der Waals surface area contributed by atoms with Crippen LogP contribution in [0.1, 0.15) is 35.2 Å². The molecule has 5 nitrogen and oxygen atoms in total. The largest absolute Gasteiger partial charge is 0.369 e. The molecule has 2 aliphatic heterocycles. The Balaban J connectivity index is 0.000000192. The first kappa shape index (κ1) is 22.6. The minimum Gasteiger partial charge on any atom is -0.369 e. The van der Waals surface area contributed by atoms with Gasteiger partial charge in [-0.15, -0.1) is 0 Å². The zero-order valence-electron chi connectivity index (χ0n) is 19.1. The van der Waals surface area contributed by atoms with Crippen LogP contribution in [0, 0.1) is 0 Å². The molecular formula is C25H37N5S. The Kier molecular flexibility index (Phi) is 8.25. The van der Waals surface area contributed by atoms with Crippen molar-refractivity contribution in [2.75, 3.05) is 50.9 Å². The van der Waals surface area contributed by atoms with Gasteiger partial charge < -0.3 is 15.5 Å². The number of anilines is 1. The third-order valence-electron chi connectivity index (χ3n) is 6.66. The van der Waals surface area contributed by atoms with Crippen LogP contribution < -0.4 is 15.5 Å². The highest BCUT2D eigenvalue weighted by Gasteiger charge is 2.24. The summed E-state index contributed by atoms with van der Waals surface area (Å²) < 4.78 is 2.46. The number of likely N-dealkylation sites (N-methyl/N-ethyl adjacent to an activating group) is 1. The quantitative estimate of drug-likeness (QED) is 0.713. The number of aromatic nitrogens is 1. The summed E-state index contributed by atoms with van der Waals surface area (Å²) in [5, 5.41) is 6.93. The second-order valence-corrected chi connectivity index (χ2v) is 9.55. The number of benzene rings is 1. The van der Waals surface area contributed by atoms with E-state index in [2.05, 4.69) is 55.3 Å². The molecule has 2 aromatic rings. The predicted molar refractivity (Wildman–Crippen MR) is 133 cm³/mol. The number of fused-ring (bicyclic) bond motifs is 2. The zero-order valence-corrected chi connectivity index (χ0v) is 19.9. The summed E-state index contributed by atoms with van der Waals surface area (Å²) in [6.45, 7) is 6.63. The Morgan fingerprint density at radius 3 is 2.65 bits per heavy atom. The summed E-state index contributed by atoms with van der Waals surface area (Å²) in [5.74, 6) is 0.